The summed E-state index contributed by atoms with van der Waals surface area (Å²) in [6, 6.07) is 0. The maximum Gasteiger partial charge on any atom is 0.356 e. The van der Waals surface area contributed by atoms with Crippen molar-refractivity contribution < 1.29 is 18.3 Å². The van der Waals surface area contributed by atoms with Crippen LogP contribution in [0, 0.1) is 0 Å². The van der Waals surface area contributed by atoms with Crippen molar-refractivity contribution in [1.29, 1.82) is 0 Å². The van der Waals surface area contributed by atoms with Gasteiger partial charge in [0.25, 0.3) is 0 Å². The molecule has 0 aliphatic rings. The zero-order valence-electron chi connectivity index (χ0n) is 29.3. The van der Waals surface area contributed by atoms with Gasteiger partial charge in [-0.3, -0.25) is 4.57 Å². The van der Waals surface area contributed by atoms with E-state index in [1.54, 1.807) is 17.1 Å². The molecule has 2 heterocycles. The lowest BCUT2D eigenvalue weighted by Crippen LogP contribution is -2.19. The van der Waals surface area contributed by atoms with Crippen LogP contribution in [-0.2, 0) is 45.5 Å². The largest absolute Gasteiger partial charge is 0.382 e. The van der Waals surface area contributed by atoms with E-state index in [-0.39, 0.29) is 21.9 Å². The van der Waals surface area contributed by atoms with Crippen molar-refractivity contribution in [2.75, 3.05) is 48.3 Å². The van der Waals surface area contributed by atoms with Crippen LogP contribution >= 0.6 is 29.2 Å². The maximum absolute atomic E-state index is 13.8. The van der Waals surface area contributed by atoms with E-state index in [0.717, 1.165) is 23.7 Å². The molecule has 2 unspecified atom stereocenters. The van der Waals surface area contributed by atoms with Crippen LogP contribution in [0.4, 0.5) is 5.82 Å². The number of anilines is 1. The Kier molecular flexibility index (Phi) is 25.1. The van der Waals surface area contributed by atoms with E-state index >= 15 is 0 Å². The summed E-state index contributed by atoms with van der Waals surface area (Å²) in [6.07, 6.45) is 23.7. The number of hydrogen-bond donors (Lipinski definition) is 1. The van der Waals surface area contributed by atoms with Crippen molar-refractivity contribution in [3.05, 3.63) is 12.7 Å². The zero-order valence-corrected chi connectivity index (χ0v) is 33.4. The second-order valence-corrected chi connectivity index (χ2v) is 20.0. The highest BCUT2D eigenvalue weighted by Crippen LogP contribution is 2.48. The average molecular weight is 752 g/mol. The predicted octanol–water partition coefficient (Wildman–Crippen LogP) is 9.74. The molecule has 0 aliphatic carbocycles. The van der Waals surface area contributed by atoms with Crippen molar-refractivity contribution in [2.45, 2.75) is 136 Å². The number of aromatic nitrogens is 4. The number of hydrogen-bond acceptors (Lipinski definition) is 11. The van der Waals surface area contributed by atoms with E-state index in [0.29, 0.717) is 42.5 Å². The molecule has 0 spiro atoms. The van der Waals surface area contributed by atoms with Gasteiger partial charge >= 0.3 is 7.60 Å². The molecule has 0 saturated carbocycles. The number of nitrogen functional groups attached to an aromatic ring is 1. The molecule has 0 aromatic carbocycles. The Morgan fingerprint density at radius 1 is 0.830 bits per heavy atom. The molecular weight excluding hydrogens is 690 g/mol. The summed E-state index contributed by atoms with van der Waals surface area (Å²) in [5.74, 6) is 3.95. The van der Waals surface area contributed by atoms with Crippen molar-refractivity contribution in [1.82, 2.24) is 19.5 Å². The molecule has 0 saturated heterocycles. The smallest absolute Gasteiger partial charge is 0.356 e. The highest BCUT2D eigenvalue weighted by atomic mass is 33.1. The van der Waals surface area contributed by atoms with E-state index in [2.05, 4.69) is 28.8 Å². The summed E-state index contributed by atoms with van der Waals surface area (Å²) in [6.45, 7) is 7.57. The molecule has 3 atom stereocenters. The van der Waals surface area contributed by atoms with Crippen LogP contribution in [0.3, 0.4) is 0 Å². The molecule has 0 bridgehead atoms. The lowest BCUT2D eigenvalue weighted by atomic mass is 10.1. The summed E-state index contributed by atoms with van der Waals surface area (Å²) in [5, 5.41) is 0. The summed E-state index contributed by atoms with van der Waals surface area (Å²) in [5.41, 5.74) is 7.12. The Morgan fingerprint density at radius 2 is 1.43 bits per heavy atom. The normalized spacial score (nSPS) is 14.4. The van der Waals surface area contributed by atoms with E-state index < -0.39 is 7.60 Å². The maximum atomic E-state index is 13.8. The molecular formula is C33H62N5O4PS4. The molecule has 2 rings (SSSR count). The van der Waals surface area contributed by atoms with Gasteiger partial charge in [0.15, 0.2) is 11.5 Å². The quantitative estimate of drug-likeness (QED) is 0.0438. The summed E-state index contributed by atoms with van der Waals surface area (Å²) >= 11 is 5.73. The monoisotopic (exact) mass is 751 g/mol. The van der Waals surface area contributed by atoms with Crippen molar-refractivity contribution >= 4 is 66.8 Å². The highest BCUT2D eigenvalue weighted by molar-refractivity contribution is 8.76. The molecule has 2 N–H and O–H groups in total. The van der Waals surface area contributed by atoms with E-state index in [1.165, 1.54) is 103 Å². The average Bonchev–Trinajstić information content (AvgIpc) is 3.47. The summed E-state index contributed by atoms with van der Waals surface area (Å²) in [7, 11) is -0.00458. The number of rotatable bonds is 32. The van der Waals surface area contributed by atoms with Crippen LogP contribution in [-0.4, -0.2) is 68.2 Å². The van der Waals surface area contributed by atoms with Gasteiger partial charge in [-0.05, 0) is 25.5 Å². The topological polar surface area (TPSA) is 114 Å². The van der Waals surface area contributed by atoms with Crippen molar-refractivity contribution in [3.63, 3.8) is 0 Å². The Bertz CT molecular complexity index is 1150. The number of nitrogens with two attached hydrogens (primary N) is 1. The first-order valence-electron chi connectivity index (χ1n) is 17.9. The molecule has 47 heavy (non-hydrogen) atoms. The van der Waals surface area contributed by atoms with Gasteiger partial charge in [-0.2, -0.15) is 0 Å². The summed E-state index contributed by atoms with van der Waals surface area (Å²) < 4.78 is 33.5. The molecule has 0 fully saturated rings. The predicted molar refractivity (Wildman–Crippen MR) is 209 cm³/mol. The number of nitrogens with zero attached hydrogens (tertiary/aromatic N) is 4. The Labute approximate surface area is 300 Å². The van der Waals surface area contributed by atoms with Gasteiger partial charge < -0.3 is 24.1 Å². The van der Waals surface area contributed by atoms with Gasteiger partial charge in [-0.15, -0.1) is 9.45 Å². The first-order chi connectivity index (χ1) is 22.9. The molecule has 0 radical (unpaired) electrons. The fraction of sp³-hybridized carbons (Fsp3) is 0.848. The van der Waals surface area contributed by atoms with Crippen LogP contribution in [0.2, 0.25) is 0 Å². The SMILES string of the molecule is CCCCCCCCCCSSCCOP(=O)(CO[C@H](C)Cn1cnc2c(N)ncnc21)OCCS(=S)CCCCCCCCCC. The Balaban J connectivity index is 1.73. The lowest BCUT2D eigenvalue weighted by Gasteiger charge is -2.21. The minimum atomic E-state index is -3.47. The van der Waals surface area contributed by atoms with Gasteiger partial charge in [-0.25, -0.2) is 15.0 Å². The van der Waals surface area contributed by atoms with Gasteiger partial charge in [0, 0.05) is 17.3 Å². The molecule has 272 valence electrons. The van der Waals surface area contributed by atoms with E-state index in [1.807, 2.05) is 22.3 Å². The second kappa shape index (κ2) is 27.5. The molecule has 9 nitrogen and oxygen atoms in total. The van der Waals surface area contributed by atoms with E-state index in [9.17, 15) is 4.57 Å². The van der Waals surface area contributed by atoms with Gasteiger partial charge in [-0.1, -0.05) is 137 Å². The van der Waals surface area contributed by atoms with Gasteiger partial charge in [0.1, 0.15) is 18.2 Å². The molecule has 0 aliphatic heterocycles. The number of fused-ring (bicyclic) bond motifs is 1. The fourth-order valence-electron chi connectivity index (χ4n) is 5.08. The Morgan fingerprint density at radius 3 is 2.11 bits per heavy atom. The number of imidazole rings is 1. The highest BCUT2D eigenvalue weighted by Gasteiger charge is 2.27. The molecule has 14 heteroatoms. The van der Waals surface area contributed by atoms with Crippen LogP contribution in [0.5, 0.6) is 0 Å². The third-order valence-corrected chi connectivity index (χ3v) is 14.3. The standard InChI is InChI=1S/C33H62N5O4PS4/c1-4-6-8-10-12-14-16-18-22-45-46-23-20-41-43(39,42-21-25-47(44)24-19-17-15-13-11-9-7-5-2)29-40-30(3)26-38-28-37-31-32(34)35-27-36-33(31)38/h27-28,30H,4-26,29H2,1-3H3,(H2,34,35,36)/t30-,43?,47?/m1/s1. The molecule has 2 aromatic heterocycles. The van der Waals surface area contributed by atoms with Gasteiger partial charge in [0.05, 0.1) is 32.2 Å². The van der Waals surface area contributed by atoms with Crippen LogP contribution in [0.25, 0.3) is 11.2 Å². The van der Waals surface area contributed by atoms with E-state index in [4.69, 9.17) is 30.7 Å². The molecule has 2 aromatic rings. The van der Waals surface area contributed by atoms with Crippen molar-refractivity contribution in [2.24, 2.45) is 0 Å². The third-order valence-electron chi connectivity index (χ3n) is 7.84. The van der Waals surface area contributed by atoms with Crippen molar-refractivity contribution in [3.8, 4) is 0 Å². The van der Waals surface area contributed by atoms with Crippen LogP contribution < -0.4 is 5.73 Å². The zero-order chi connectivity index (χ0) is 34.0. The minimum Gasteiger partial charge on any atom is -0.382 e. The lowest BCUT2D eigenvalue weighted by molar-refractivity contribution is 0.0675. The Hall–Kier alpha value is -0.270. The number of unbranched alkanes of at least 4 members (excludes halogenated alkanes) is 14. The summed E-state index contributed by atoms with van der Waals surface area (Å²) in [4.78, 5) is 12.6. The minimum absolute atomic E-state index is 0.114. The second-order valence-electron chi connectivity index (χ2n) is 12.2. The number of ether oxygens (including phenoxy) is 1. The fourth-order valence-corrected chi connectivity index (χ4v) is 10.3. The van der Waals surface area contributed by atoms with Crippen LogP contribution in [0.15, 0.2) is 12.7 Å². The first-order valence-corrected chi connectivity index (χ1v) is 24.6. The third kappa shape index (κ3) is 20.2. The van der Waals surface area contributed by atoms with Crippen LogP contribution in [0.1, 0.15) is 124 Å². The van der Waals surface area contributed by atoms with Gasteiger partial charge in [0.2, 0.25) is 0 Å². The molecule has 0 amide bonds. The first kappa shape index (κ1) is 42.9.